The highest BCUT2D eigenvalue weighted by atomic mass is 19.3. The van der Waals surface area contributed by atoms with Gasteiger partial charge in [0.2, 0.25) is 6.29 Å². The largest absolute Gasteiger partial charge is 0.468 e. The number of halogens is 2. The number of anilines is 2. The first-order chi connectivity index (χ1) is 22.2. The third-order valence-corrected chi connectivity index (χ3v) is 7.81. The van der Waals surface area contributed by atoms with E-state index in [1.807, 2.05) is 11.0 Å². The van der Waals surface area contributed by atoms with E-state index in [9.17, 15) is 18.8 Å². The van der Waals surface area contributed by atoms with Crippen molar-refractivity contribution in [2.24, 2.45) is 0 Å². The summed E-state index contributed by atoms with van der Waals surface area (Å²) in [6, 6.07) is 8.52. The fourth-order valence-electron chi connectivity index (χ4n) is 5.68. The molecule has 0 radical (unpaired) electrons. The Hall–Kier alpha value is -4.60. The molecule has 0 aliphatic carbocycles. The van der Waals surface area contributed by atoms with Gasteiger partial charge in [0, 0.05) is 58.3 Å². The maximum absolute atomic E-state index is 13.6. The summed E-state index contributed by atoms with van der Waals surface area (Å²) in [5, 5.41) is 16.2. The Morgan fingerprint density at radius 3 is 2.50 bits per heavy atom. The lowest BCUT2D eigenvalue weighted by atomic mass is 10.0. The number of esters is 1. The number of likely N-dealkylation sites (tertiary alicyclic amines) is 2. The minimum absolute atomic E-state index is 0.0912. The van der Waals surface area contributed by atoms with Gasteiger partial charge in [-0.1, -0.05) is 31.4 Å². The minimum Gasteiger partial charge on any atom is -0.468 e. The number of carbonyl (C=O) groups excluding carboxylic acids is 1. The number of benzene rings is 2. The van der Waals surface area contributed by atoms with Crippen molar-refractivity contribution in [3.05, 3.63) is 77.9 Å². The first-order valence-corrected chi connectivity index (χ1v) is 15.1. The maximum Gasteiger partial charge on any atom is 0.387 e. The molecule has 0 saturated carbocycles. The molecule has 1 unspecified atom stereocenters. The van der Waals surface area contributed by atoms with Crippen LogP contribution in [0.1, 0.15) is 36.0 Å². The highest BCUT2D eigenvalue weighted by molar-refractivity contribution is 5.76. The van der Waals surface area contributed by atoms with E-state index >= 15 is 0 Å². The normalized spacial score (nSPS) is 17.3. The highest BCUT2D eigenvalue weighted by Crippen LogP contribution is 2.38. The molecule has 2 aromatic rings. The minimum atomic E-state index is -3.09. The number of hydrogen-bond donors (Lipinski definition) is 2. The maximum atomic E-state index is 13.6. The Morgan fingerprint density at radius 1 is 1.11 bits per heavy atom. The van der Waals surface area contributed by atoms with Crippen molar-refractivity contribution < 1.29 is 32.5 Å². The smallest absolute Gasteiger partial charge is 0.387 e. The van der Waals surface area contributed by atoms with Gasteiger partial charge < -0.3 is 29.6 Å². The summed E-state index contributed by atoms with van der Waals surface area (Å²) < 4.78 is 49.8. The van der Waals surface area contributed by atoms with Crippen LogP contribution in [0.25, 0.3) is 0 Å². The van der Waals surface area contributed by atoms with E-state index < -0.39 is 18.9 Å². The second-order valence-electron chi connectivity index (χ2n) is 11.1. The molecule has 2 saturated heterocycles. The summed E-state index contributed by atoms with van der Waals surface area (Å²) in [6.45, 7) is 7.68. The second kappa shape index (κ2) is 16.1. The van der Waals surface area contributed by atoms with Crippen LogP contribution < -0.4 is 24.8 Å². The number of methoxy groups -OCH3 is 1. The van der Waals surface area contributed by atoms with Crippen molar-refractivity contribution >= 4 is 17.3 Å². The zero-order valence-corrected chi connectivity index (χ0v) is 26.5. The summed E-state index contributed by atoms with van der Waals surface area (Å²) in [4.78, 5) is 16.4. The molecule has 2 N–H and O–H groups in total. The summed E-state index contributed by atoms with van der Waals surface area (Å²) in [5.74, 6) is 0.0382. The lowest BCUT2D eigenvalue weighted by molar-refractivity contribution is -0.146. The predicted octanol–water partition coefficient (Wildman–Crippen LogP) is 5.67. The van der Waals surface area contributed by atoms with Gasteiger partial charge in [-0.05, 0) is 48.7 Å². The van der Waals surface area contributed by atoms with E-state index in [0.29, 0.717) is 47.8 Å². The van der Waals surface area contributed by atoms with Gasteiger partial charge in [0.25, 0.3) is 0 Å². The number of rotatable bonds is 16. The van der Waals surface area contributed by atoms with Crippen LogP contribution in [0.15, 0.2) is 61.2 Å². The lowest BCUT2D eigenvalue weighted by Crippen LogP contribution is -2.38. The van der Waals surface area contributed by atoms with Gasteiger partial charge in [-0.2, -0.15) is 14.0 Å². The number of carbonyl (C=O) groups is 1. The Kier molecular flexibility index (Phi) is 12.0. The van der Waals surface area contributed by atoms with Gasteiger partial charge in [0.1, 0.15) is 17.9 Å². The van der Waals surface area contributed by atoms with Crippen molar-refractivity contribution in [1.29, 1.82) is 5.26 Å². The van der Waals surface area contributed by atoms with E-state index in [1.54, 1.807) is 44.5 Å². The number of nitrogens with zero attached hydrogens (tertiary/aromatic N) is 3. The monoisotopic (exact) mass is 637 g/mol. The molecule has 46 heavy (non-hydrogen) atoms. The zero-order chi connectivity index (χ0) is 33.2. The van der Waals surface area contributed by atoms with Crippen LogP contribution in [0.2, 0.25) is 0 Å². The van der Waals surface area contributed by atoms with E-state index in [-0.39, 0.29) is 30.4 Å². The van der Waals surface area contributed by atoms with Gasteiger partial charge in [-0.25, -0.2) is 0 Å². The molecule has 2 heterocycles. The Labute approximate surface area is 268 Å². The summed E-state index contributed by atoms with van der Waals surface area (Å²) in [7, 11) is 4.75. The molecule has 2 aliphatic rings. The van der Waals surface area contributed by atoms with E-state index in [2.05, 4.69) is 34.8 Å². The molecule has 12 heteroatoms. The number of nitriles is 1. The molecule has 2 aromatic carbocycles. The van der Waals surface area contributed by atoms with Crippen molar-refractivity contribution in [1.82, 2.24) is 9.80 Å². The van der Waals surface area contributed by atoms with Crippen LogP contribution >= 0.6 is 0 Å². The lowest BCUT2D eigenvalue weighted by Gasteiger charge is -2.33. The third kappa shape index (κ3) is 8.56. The molecule has 0 spiro atoms. The van der Waals surface area contributed by atoms with Crippen LogP contribution in [0.3, 0.4) is 0 Å². The molecule has 10 nitrogen and oxygen atoms in total. The number of hydrogen-bond acceptors (Lipinski definition) is 10. The third-order valence-electron chi connectivity index (χ3n) is 7.81. The van der Waals surface area contributed by atoms with Crippen molar-refractivity contribution in [2.45, 2.75) is 51.3 Å². The fourth-order valence-corrected chi connectivity index (χ4v) is 5.68. The molecule has 0 bridgehead atoms. The van der Waals surface area contributed by atoms with E-state index in [1.165, 1.54) is 18.7 Å². The standard InChI is InChI=1S/C34H41F2N5O5/c1-6-7-8-11-31(46-32-24(17-37)13-23(14-27(32)39-4)20-40-18-22(2)19-40)44-30-16-29(45-34(35)36)25(15-26(30)38-3)21-41-12-9-10-28(41)33(42)43-5/h6-8,13-16,28,31,34,38-39H,1-2,9-12,18-21H2,3-5H3/b8-7-/t28-,31?/m0/s1. The molecule has 4 rings (SSSR count). The Balaban J connectivity index is 1.66. The molecule has 2 fully saturated rings. The van der Waals surface area contributed by atoms with E-state index in [0.717, 1.165) is 25.1 Å². The number of nitrogens with one attached hydrogen (secondary N) is 2. The Bertz CT molecular complexity index is 1480. The topological polar surface area (TPSA) is 108 Å². The highest BCUT2D eigenvalue weighted by Gasteiger charge is 2.32. The summed E-state index contributed by atoms with van der Waals surface area (Å²) in [6.07, 6.45) is 5.78. The van der Waals surface area contributed by atoms with Crippen LogP contribution in [0.5, 0.6) is 17.2 Å². The first-order valence-electron chi connectivity index (χ1n) is 15.1. The SMILES string of the molecule is C=C/C=C\CC(Oc1cc(OC(F)F)c(CN2CCC[C@H]2C(=O)OC)cc1NC)Oc1c(C#N)cc(CN2CC(=C)C2)cc1NC. The number of alkyl halides is 2. The van der Waals surface area contributed by atoms with E-state index in [4.69, 9.17) is 18.9 Å². The quantitative estimate of drug-likeness (QED) is 0.104. The summed E-state index contributed by atoms with van der Waals surface area (Å²) in [5.41, 5.74) is 3.97. The molecule has 0 amide bonds. The van der Waals surface area contributed by atoms with Gasteiger partial charge in [-0.15, -0.1) is 0 Å². The second-order valence-corrected chi connectivity index (χ2v) is 11.1. The number of allylic oxidation sites excluding steroid dienone is 2. The average molecular weight is 638 g/mol. The first kappa shape index (κ1) is 34.3. The molecular formula is C34H41F2N5O5. The number of ether oxygens (including phenoxy) is 4. The zero-order valence-electron chi connectivity index (χ0n) is 26.5. The average Bonchev–Trinajstić information content (AvgIpc) is 3.49. The van der Waals surface area contributed by atoms with Crippen LogP contribution in [-0.2, 0) is 22.6 Å². The molecule has 2 aliphatic heterocycles. The van der Waals surface area contributed by atoms with Gasteiger partial charge >= 0.3 is 12.6 Å². The molecule has 2 atom stereocenters. The predicted molar refractivity (Wildman–Crippen MR) is 172 cm³/mol. The van der Waals surface area contributed by atoms with Gasteiger partial charge in [0.15, 0.2) is 11.5 Å². The van der Waals surface area contributed by atoms with Crippen molar-refractivity contribution in [3.8, 4) is 23.3 Å². The van der Waals surface area contributed by atoms with Crippen LogP contribution in [0.4, 0.5) is 20.2 Å². The van der Waals surface area contributed by atoms with Gasteiger partial charge in [-0.3, -0.25) is 14.6 Å². The summed E-state index contributed by atoms with van der Waals surface area (Å²) >= 11 is 0. The van der Waals surface area contributed by atoms with Crippen LogP contribution in [0, 0.1) is 11.3 Å². The van der Waals surface area contributed by atoms with Gasteiger partial charge in [0.05, 0.1) is 24.0 Å². The Morgan fingerprint density at radius 2 is 1.87 bits per heavy atom. The van der Waals surface area contributed by atoms with Crippen molar-refractivity contribution in [2.75, 3.05) is 51.5 Å². The molecular weight excluding hydrogens is 596 g/mol. The molecule has 246 valence electrons. The van der Waals surface area contributed by atoms with Crippen LogP contribution in [-0.4, -0.2) is 75.6 Å². The molecule has 0 aromatic heterocycles. The fraction of sp³-hybridized carbons (Fsp3) is 0.412. The van der Waals surface area contributed by atoms with Crippen molar-refractivity contribution in [3.63, 3.8) is 0 Å².